The van der Waals surface area contributed by atoms with Crippen LogP contribution in [0, 0.1) is 0 Å². The number of anilines is 1. The first kappa shape index (κ1) is 18.9. The number of fused-ring (bicyclic) bond motifs is 1. The average Bonchev–Trinajstić information content (AvgIpc) is 3.44. The number of amides is 1. The SMILES string of the molecule is O=C(COc1ncnc2c1cnn2-c1ccccc1)c1ccc(N2CCCC2=O)cc1. The molecule has 0 saturated carbocycles. The number of ketones is 1. The maximum Gasteiger partial charge on any atom is 0.228 e. The molecule has 4 aromatic rings. The monoisotopic (exact) mass is 413 g/mol. The van der Waals surface area contributed by atoms with Gasteiger partial charge in [0.25, 0.3) is 0 Å². The van der Waals surface area contributed by atoms with Crippen molar-refractivity contribution < 1.29 is 14.3 Å². The fourth-order valence-electron chi connectivity index (χ4n) is 3.66. The second-order valence-electron chi connectivity index (χ2n) is 7.22. The van der Waals surface area contributed by atoms with E-state index in [2.05, 4.69) is 15.1 Å². The van der Waals surface area contributed by atoms with Crippen LogP contribution in [0.2, 0.25) is 0 Å². The van der Waals surface area contributed by atoms with Crippen molar-refractivity contribution in [1.82, 2.24) is 19.7 Å². The average molecular weight is 413 g/mol. The van der Waals surface area contributed by atoms with Gasteiger partial charge in [-0.25, -0.2) is 14.6 Å². The van der Waals surface area contributed by atoms with Crippen LogP contribution < -0.4 is 9.64 Å². The smallest absolute Gasteiger partial charge is 0.228 e. The molecule has 8 nitrogen and oxygen atoms in total. The van der Waals surface area contributed by atoms with Gasteiger partial charge in [0.15, 0.2) is 18.0 Å². The summed E-state index contributed by atoms with van der Waals surface area (Å²) in [5.41, 5.74) is 2.80. The highest BCUT2D eigenvalue weighted by atomic mass is 16.5. The zero-order chi connectivity index (χ0) is 21.2. The lowest BCUT2D eigenvalue weighted by Gasteiger charge is -2.15. The van der Waals surface area contributed by atoms with Crippen molar-refractivity contribution in [3.8, 4) is 11.6 Å². The number of para-hydroxylation sites is 1. The van der Waals surface area contributed by atoms with Crippen molar-refractivity contribution in [3.05, 3.63) is 72.7 Å². The van der Waals surface area contributed by atoms with Crippen LogP contribution in [0.3, 0.4) is 0 Å². The summed E-state index contributed by atoms with van der Waals surface area (Å²) < 4.78 is 7.41. The van der Waals surface area contributed by atoms with Gasteiger partial charge in [-0.3, -0.25) is 9.59 Å². The van der Waals surface area contributed by atoms with Gasteiger partial charge in [0, 0.05) is 24.2 Å². The lowest BCUT2D eigenvalue weighted by atomic mass is 10.1. The van der Waals surface area contributed by atoms with Crippen molar-refractivity contribution >= 4 is 28.4 Å². The fraction of sp³-hybridized carbons (Fsp3) is 0.174. The predicted octanol–water partition coefficient (Wildman–Crippen LogP) is 3.20. The molecular weight excluding hydrogens is 394 g/mol. The number of aromatic nitrogens is 4. The Hall–Kier alpha value is -4.07. The van der Waals surface area contributed by atoms with Crippen LogP contribution in [0.5, 0.6) is 5.88 Å². The van der Waals surface area contributed by atoms with E-state index in [9.17, 15) is 9.59 Å². The predicted molar refractivity (Wildman–Crippen MR) is 115 cm³/mol. The molecule has 1 aliphatic heterocycles. The summed E-state index contributed by atoms with van der Waals surface area (Å²) in [5, 5.41) is 5.01. The van der Waals surface area contributed by atoms with Crippen LogP contribution in [-0.2, 0) is 4.79 Å². The van der Waals surface area contributed by atoms with E-state index in [1.165, 1.54) is 6.33 Å². The Morgan fingerprint density at radius 3 is 2.55 bits per heavy atom. The van der Waals surface area contributed by atoms with Crippen LogP contribution in [0.4, 0.5) is 5.69 Å². The molecular formula is C23H19N5O3. The Morgan fingerprint density at radius 1 is 1.00 bits per heavy atom. The summed E-state index contributed by atoms with van der Waals surface area (Å²) in [5.74, 6) is 0.243. The zero-order valence-electron chi connectivity index (χ0n) is 16.6. The van der Waals surface area contributed by atoms with Crippen molar-refractivity contribution in [1.29, 1.82) is 0 Å². The quantitative estimate of drug-likeness (QED) is 0.451. The minimum atomic E-state index is -0.179. The van der Waals surface area contributed by atoms with E-state index in [-0.39, 0.29) is 18.3 Å². The van der Waals surface area contributed by atoms with E-state index in [4.69, 9.17) is 4.74 Å². The van der Waals surface area contributed by atoms with Gasteiger partial charge < -0.3 is 9.64 Å². The van der Waals surface area contributed by atoms with Gasteiger partial charge >= 0.3 is 0 Å². The molecule has 1 aliphatic rings. The Balaban J connectivity index is 1.31. The third-order valence-corrected chi connectivity index (χ3v) is 5.24. The number of carbonyl (C=O) groups excluding carboxylic acids is 2. The molecule has 0 atom stereocenters. The maximum absolute atomic E-state index is 12.6. The molecule has 31 heavy (non-hydrogen) atoms. The van der Waals surface area contributed by atoms with E-state index in [0.29, 0.717) is 28.9 Å². The molecule has 0 radical (unpaired) electrons. The normalized spacial score (nSPS) is 13.7. The fourth-order valence-corrected chi connectivity index (χ4v) is 3.66. The van der Waals surface area contributed by atoms with Gasteiger partial charge in [-0.1, -0.05) is 18.2 Å². The number of benzene rings is 2. The van der Waals surface area contributed by atoms with Crippen LogP contribution in [-0.4, -0.2) is 44.6 Å². The van der Waals surface area contributed by atoms with Crippen molar-refractivity contribution in [2.45, 2.75) is 12.8 Å². The molecule has 1 saturated heterocycles. The number of nitrogens with zero attached hydrogens (tertiary/aromatic N) is 5. The molecule has 1 amide bonds. The van der Waals surface area contributed by atoms with Gasteiger partial charge in [-0.15, -0.1) is 0 Å². The molecule has 5 rings (SSSR count). The number of Topliss-reactive ketones (excluding diaryl/α,β-unsaturated/α-hetero) is 1. The van der Waals surface area contributed by atoms with Crippen LogP contribution in [0.15, 0.2) is 67.1 Å². The van der Waals surface area contributed by atoms with Gasteiger partial charge in [0.05, 0.1) is 11.9 Å². The summed E-state index contributed by atoms with van der Waals surface area (Å²) in [6.07, 6.45) is 4.46. The number of hydrogen-bond acceptors (Lipinski definition) is 6. The molecule has 0 unspecified atom stereocenters. The highest BCUT2D eigenvalue weighted by Gasteiger charge is 2.22. The molecule has 8 heteroatoms. The number of carbonyl (C=O) groups is 2. The molecule has 0 aliphatic carbocycles. The molecule has 0 N–H and O–H groups in total. The Morgan fingerprint density at radius 2 is 1.81 bits per heavy atom. The molecule has 1 fully saturated rings. The topological polar surface area (TPSA) is 90.2 Å². The minimum absolute atomic E-state index is 0.117. The lowest BCUT2D eigenvalue weighted by Crippen LogP contribution is -2.23. The third kappa shape index (κ3) is 3.63. The Kier molecular flexibility index (Phi) is 4.87. The summed E-state index contributed by atoms with van der Waals surface area (Å²) in [6.45, 7) is 0.556. The van der Waals surface area contributed by atoms with Crippen LogP contribution >= 0.6 is 0 Å². The maximum atomic E-state index is 12.6. The Bertz CT molecular complexity index is 1250. The summed E-state index contributed by atoms with van der Waals surface area (Å²) in [7, 11) is 0. The lowest BCUT2D eigenvalue weighted by molar-refractivity contribution is -0.117. The van der Waals surface area contributed by atoms with Gasteiger partial charge in [-0.2, -0.15) is 5.10 Å². The van der Waals surface area contributed by atoms with Crippen LogP contribution in [0.25, 0.3) is 16.7 Å². The van der Waals surface area contributed by atoms with Gasteiger partial charge in [0.1, 0.15) is 11.7 Å². The highest BCUT2D eigenvalue weighted by molar-refractivity contribution is 5.99. The number of hydrogen-bond donors (Lipinski definition) is 0. The van der Waals surface area contributed by atoms with E-state index < -0.39 is 0 Å². The molecule has 0 bridgehead atoms. The van der Waals surface area contributed by atoms with Gasteiger partial charge in [0.2, 0.25) is 11.8 Å². The summed E-state index contributed by atoms with van der Waals surface area (Å²) >= 11 is 0. The molecule has 2 aromatic heterocycles. The molecule has 3 heterocycles. The first-order valence-corrected chi connectivity index (χ1v) is 10.0. The number of ether oxygens (including phenoxy) is 1. The van der Waals surface area contributed by atoms with Gasteiger partial charge in [-0.05, 0) is 42.8 Å². The first-order chi connectivity index (χ1) is 15.2. The molecule has 2 aromatic carbocycles. The molecule has 0 spiro atoms. The van der Waals surface area contributed by atoms with Crippen molar-refractivity contribution in [2.24, 2.45) is 0 Å². The Labute approximate surface area is 178 Å². The van der Waals surface area contributed by atoms with Crippen LogP contribution in [0.1, 0.15) is 23.2 Å². The standard InChI is InChI=1S/C23H19N5O3/c29-20(16-8-10-17(11-9-16)27-12-4-7-21(27)30)14-31-23-19-13-26-28(22(19)24-15-25-23)18-5-2-1-3-6-18/h1-3,5-6,8-11,13,15H,4,7,12,14H2. The summed E-state index contributed by atoms with van der Waals surface area (Å²) in [4.78, 5) is 34.7. The second kappa shape index (κ2) is 7.98. The third-order valence-electron chi connectivity index (χ3n) is 5.24. The zero-order valence-corrected chi connectivity index (χ0v) is 16.6. The van der Waals surface area contributed by atoms with Crippen molar-refractivity contribution in [3.63, 3.8) is 0 Å². The van der Waals surface area contributed by atoms with E-state index in [0.717, 1.165) is 24.3 Å². The largest absolute Gasteiger partial charge is 0.469 e. The minimum Gasteiger partial charge on any atom is -0.469 e. The second-order valence-corrected chi connectivity index (χ2v) is 7.22. The van der Waals surface area contributed by atoms with Crippen molar-refractivity contribution in [2.75, 3.05) is 18.1 Å². The first-order valence-electron chi connectivity index (χ1n) is 10.0. The van der Waals surface area contributed by atoms with E-state index >= 15 is 0 Å². The molecule has 154 valence electrons. The van der Waals surface area contributed by atoms with E-state index in [1.807, 2.05) is 30.3 Å². The van der Waals surface area contributed by atoms with E-state index in [1.54, 1.807) is 40.0 Å². The summed E-state index contributed by atoms with van der Waals surface area (Å²) in [6, 6.07) is 16.7. The number of rotatable bonds is 6. The highest BCUT2D eigenvalue weighted by Crippen LogP contribution is 2.24.